The van der Waals surface area contributed by atoms with Crippen molar-refractivity contribution in [3.05, 3.63) is 60.2 Å². The van der Waals surface area contributed by atoms with E-state index in [2.05, 4.69) is 0 Å². The van der Waals surface area contributed by atoms with E-state index >= 15 is 0 Å². The smallest absolute Gasteiger partial charge is 0.259 e. The standard InChI is InChI=1S/C18H20N2O4S/c1-19(15-7-3-2-4-8-15)18(21)16-9-5-6-10-17(16)25(22,23)20-11-13-24-14-12-20/h2-10H,11-14H2,1H3. The van der Waals surface area contributed by atoms with Crippen LogP contribution in [0.1, 0.15) is 10.4 Å². The van der Waals surface area contributed by atoms with Gasteiger partial charge in [-0.25, -0.2) is 8.42 Å². The first-order valence-electron chi connectivity index (χ1n) is 8.02. The number of rotatable bonds is 4. The second-order valence-corrected chi connectivity index (χ2v) is 7.62. The van der Waals surface area contributed by atoms with Crippen molar-refractivity contribution < 1.29 is 17.9 Å². The number of nitrogens with zero attached hydrogens (tertiary/aromatic N) is 2. The van der Waals surface area contributed by atoms with Gasteiger partial charge in [-0.05, 0) is 24.3 Å². The lowest BCUT2D eigenvalue weighted by Crippen LogP contribution is -2.41. The second kappa shape index (κ2) is 7.35. The average molecular weight is 360 g/mol. The largest absolute Gasteiger partial charge is 0.379 e. The maximum Gasteiger partial charge on any atom is 0.259 e. The van der Waals surface area contributed by atoms with Gasteiger partial charge in [0.05, 0.1) is 23.7 Å². The number of carbonyl (C=O) groups is 1. The molecule has 1 saturated heterocycles. The minimum absolute atomic E-state index is 0.0321. The molecule has 7 heteroatoms. The summed E-state index contributed by atoms with van der Waals surface area (Å²) in [6, 6.07) is 15.5. The number of hydrogen-bond donors (Lipinski definition) is 0. The zero-order valence-electron chi connectivity index (χ0n) is 14.0. The van der Waals surface area contributed by atoms with Crippen LogP contribution in [-0.4, -0.2) is 52.0 Å². The van der Waals surface area contributed by atoms with Gasteiger partial charge < -0.3 is 9.64 Å². The summed E-state index contributed by atoms with van der Waals surface area (Å²) in [5.74, 6) is -0.362. The molecule has 0 spiro atoms. The molecule has 0 radical (unpaired) electrons. The van der Waals surface area contributed by atoms with Gasteiger partial charge in [0, 0.05) is 25.8 Å². The maximum atomic E-state index is 13.0. The zero-order chi connectivity index (χ0) is 17.9. The highest BCUT2D eigenvalue weighted by molar-refractivity contribution is 7.89. The number of ether oxygens (including phenoxy) is 1. The molecule has 0 aromatic heterocycles. The monoisotopic (exact) mass is 360 g/mol. The van der Waals surface area contributed by atoms with Crippen molar-refractivity contribution in [2.24, 2.45) is 0 Å². The van der Waals surface area contributed by atoms with Crippen LogP contribution in [0.25, 0.3) is 0 Å². The minimum Gasteiger partial charge on any atom is -0.379 e. The average Bonchev–Trinajstić information content (AvgIpc) is 2.68. The summed E-state index contributed by atoms with van der Waals surface area (Å²) in [6.07, 6.45) is 0. The highest BCUT2D eigenvalue weighted by Crippen LogP contribution is 2.24. The van der Waals surface area contributed by atoms with Crippen molar-refractivity contribution in [2.45, 2.75) is 4.90 Å². The molecule has 25 heavy (non-hydrogen) atoms. The van der Waals surface area contributed by atoms with E-state index < -0.39 is 10.0 Å². The minimum atomic E-state index is -3.75. The quantitative estimate of drug-likeness (QED) is 0.836. The Bertz CT molecular complexity index is 846. The van der Waals surface area contributed by atoms with Gasteiger partial charge in [-0.2, -0.15) is 4.31 Å². The summed E-state index contributed by atoms with van der Waals surface area (Å²) in [7, 11) is -2.11. The SMILES string of the molecule is CN(C(=O)c1ccccc1S(=O)(=O)N1CCOCC1)c1ccccc1. The molecule has 6 nitrogen and oxygen atoms in total. The summed E-state index contributed by atoms with van der Waals surface area (Å²) in [5, 5.41) is 0. The predicted octanol–water partition coefficient (Wildman–Crippen LogP) is 1.98. The summed E-state index contributed by atoms with van der Waals surface area (Å²) in [6.45, 7) is 1.30. The van der Waals surface area contributed by atoms with Crippen molar-refractivity contribution in [1.82, 2.24) is 4.31 Å². The van der Waals surface area contributed by atoms with Crippen LogP contribution in [0.4, 0.5) is 5.69 Å². The third kappa shape index (κ3) is 3.58. The number of sulfonamides is 1. The highest BCUT2D eigenvalue weighted by Gasteiger charge is 2.31. The highest BCUT2D eigenvalue weighted by atomic mass is 32.2. The Hall–Kier alpha value is -2.22. The summed E-state index contributed by atoms with van der Waals surface area (Å²) in [5.41, 5.74) is 0.867. The molecule has 1 aliphatic heterocycles. The number of amides is 1. The van der Waals surface area contributed by atoms with E-state index in [0.29, 0.717) is 32.0 Å². The fourth-order valence-electron chi connectivity index (χ4n) is 2.74. The predicted molar refractivity (Wildman–Crippen MR) is 95.2 cm³/mol. The Morgan fingerprint density at radius 1 is 1.00 bits per heavy atom. The van der Waals surface area contributed by atoms with E-state index in [0.717, 1.165) is 0 Å². The molecule has 1 aliphatic rings. The number of anilines is 1. The lowest BCUT2D eigenvalue weighted by atomic mass is 10.2. The van der Waals surface area contributed by atoms with Crippen molar-refractivity contribution >= 4 is 21.6 Å². The molecule has 0 atom stereocenters. The molecule has 0 N–H and O–H groups in total. The Kier molecular flexibility index (Phi) is 5.17. The molecular weight excluding hydrogens is 340 g/mol. The van der Waals surface area contributed by atoms with Gasteiger partial charge in [0.2, 0.25) is 10.0 Å². The van der Waals surface area contributed by atoms with Crippen molar-refractivity contribution in [3.8, 4) is 0 Å². The van der Waals surface area contributed by atoms with Crippen LogP contribution in [0, 0.1) is 0 Å². The molecule has 1 amide bonds. The van der Waals surface area contributed by atoms with Crippen molar-refractivity contribution in [1.29, 1.82) is 0 Å². The molecule has 2 aromatic rings. The zero-order valence-corrected chi connectivity index (χ0v) is 14.8. The molecule has 1 heterocycles. The van der Waals surface area contributed by atoms with E-state index in [1.807, 2.05) is 18.2 Å². The number of hydrogen-bond acceptors (Lipinski definition) is 4. The fourth-order valence-corrected chi connectivity index (χ4v) is 4.34. The van der Waals surface area contributed by atoms with Crippen LogP contribution in [0.15, 0.2) is 59.5 Å². The van der Waals surface area contributed by atoms with Gasteiger partial charge in [0.1, 0.15) is 0 Å². The van der Waals surface area contributed by atoms with Gasteiger partial charge in [0.15, 0.2) is 0 Å². The number of benzene rings is 2. The van der Waals surface area contributed by atoms with E-state index in [9.17, 15) is 13.2 Å². The third-order valence-corrected chi connectivity index (χ3v) is 6.11. The van der Waals surface area contributed by atoms with Gasteiger partial charge in [-0.3, -0.25) is 4.79 Å². The van der Waals surface area contributed by atoms with E-state index in [1.165, 1.54) is 15.3 Å². The second-order valence-electron chi connectivity index (χ2n) is 5.71. The summed E-state index contributed by atoms with van der Waals surface area (Å²) >= 11 is 0. The number of para-hydroxylation sites is 1. The molecule has 3 rings (SSSR count). The van der Waals surface area contributed by atoms with Gasteiger partial charge >= 0.3 is 0 Å². The number of morpholine rings is 1. The molecule has 1 fully saturated rings. The Morgan fingerprint density at radius 2 is 1.60 bits per heavy atom. The van der Waals surface area contributed by atoms with Crippen molar-refractivity contribution in [2.75, 3.05) is 38.3 Å². The van der Waals surface area contributed by atoms with Gasteiger partial charge in [-0.15, -0.1) is 0 Å². The molecule has 0 bridgehead atoms. The van der Waals surface area contributed by atoms with E-state index in [-0.39, 0.29) is 16.4 Å². The van der Waals surface area contributed by atoms with Crippen LogP contribution >= 0.6 is 0 Å². The van der Waals surface area contributed by atoms with Crippen LogP contribution in [0.5, 0.6) is 0 Å². The molecule has 0 unspecified atom stereocenters. The number of carbonyl (C=O) groups excluding carboxylic acids is 1. The lowest BCUT2D eigenvalue weighted by Gasteiger charge is -2.27. The molecule has 0 saturated carbocycles. The summed E-state index contributed by atoms with van der Waals surface area (Å²) < 4.78 is 32.5. The normalized spacial score (nSPS) is 15.7. The topological polar surface area (TPSA) is 66.9 Å². The van der Waals surface area contributed by atoms with Crippen LogP contribution in [0.3, 0.4) is 0 Å². The molecular formula is C18H20N2O4S. The first-order valence-corrected chi connectivity index (χ1v) is 9.46. The third-order valence-electron chi connectivity index (χ3n) is 4.15. The van der Waals surface area contributed by atoms with Crippen LogP contribution < -0.4 is 4.90 Å². The fraction of sp³-hybridized carbons (Fsp3) is 0.278. The van der Waals surface area contributed by atoms with Crippen LogP contribution in [0.2, 0.25) is 0 Å². The van der Waals surface area contributed by atoms with E-state index in [1.54, 1.807) is 37.4 Å². The molecule has 2 aromatic carbocycles. The summed E-state index contributed by atoms with van der Waals surface area (Å²) in [4.78, 5) is 14.4. The molecule has 132 valence electrons. The van der Waals surface area contributed by atoms with Crippen LogP contribution in [-0.2, 0) is 14.8 Å². The lowest BCUT2D eigenvalue weighted by molar-refractivity contribution is 0.0730. The van der Waals surface area contributed by atoms with Gasteiger partial charge in [-0.1, -0.05) is 30.3 Å². The Labute approximate surface area is 147 Å². The first-order chi connectivity index (χ1) is 12.0. The maximum absolute atomic E-state index is 13.0. The van der Waals surface area contributed by atoms with Gasteiger partial charge in [0.25, 0.3) is 5.91 Å². The van der Waals surface area contributed by atoms with E-state index in [4.69, 9.17) is 4.74 Å². The van der Waals surface area contributed by atoms with Crippen molar-refractivity contribution in [3.63, 3.8) is 0 Å². The molecule has 0 aliphatic carbocycles. The first kappa shape index (κ1) is 17.6. The Morgan fingerprint density at radius 3 is 2.28 bits per heavy atom. The Balaban J connectivity index is 1.97.